The van der Waals surface area contributed by atoms with Crippen LogP contribution in [0.25, 0.3) is 70.8 Å². The molecule has 0 aliphatic carbocycles. The number of para-hydroxylation sites is 3. The fraction of sp³-hybridized carbons (Fsp3) is 0.0444. The largest absolute Gasteiger partial charge is 0.397 e. The van der Waals surface area contributed by atoms with E-state index in [-0.39, 0.29) is 5.71 Å². The van der Waals surface area contributed by atoms with Gasteiger partial charge in [0.1, 0.15) is 0 Å². The van der Waals surface area contributed by atoms with Crippen LogP contribution >= 0.6 is 0 Å². The van der Waals surface area contributed by atoms with Gasteiger partial charge >= 0.3 is 0 Å². The number of hydrogen-bond donors (Lipinski definition) is 3. The molecule has 0 atom stereocenters. The van der Waals surface area contributed by atoms with E-state index in [1.165, 1.54) is 70.8 Å². The first kappa shape index (κ1) is 30.7. The number of nitrogens with two attached hydrogens (primary N) is 2. The average molecular weight is 648 g/mol. The number of allylic oxidation sites excluding steroid dienone is 3. The second-order valence-corrected chi connectivity index (χ2v) is 12.6. The maximum atomic E-state index is 7.85. The molecule has 0 aliphatic heterocycles. The zero-order valence-electron chi connectivity index (χ0n) is 28.1. The van der Waals surface area contributed by atoms with E-state index in [9.17, 15) is 0 Å². The Balaban J connectivity index is 0.000000204. The van der Waals surface area contributed by atoms with Crippen LogP contribution < -0.4 is 11.5 Å². The summed E-state index contributed by atoms with van der Waals surface area (Å²) in [7, 11) is 2.17. The Kier molecular flexibility index (Phi) is 7.65. The van der Waals surface area contributed by atoms with Crippen molar-refractivity contribution in [1.29, 1.82) is 5.41 Å². The average Bonchev–Trinajstić information content (AvgIpc) is 3.67. The molecule has 2 aromatic heterocycles. The maximum absolute atomic E-state index is 7.85. The van der Waals surface area contributed by atoms with Crippen molar-refractivity contribution in [3.05, 3.63) is 175 Å². The summed E-state index contributed by atoms with van der Waals surface area (Å²) in [6, 6.07) is 51.4. The molecule has 0 saturated heterocycles. The minimum Gasteiger partial charge on any atom is -0.397 e. The summed E-state index contributed by atoms with van der Waals surface area (Å²) in [5.74, 6) is 0. The summed E-state index contributed by atoms with van der Waals surface area (Å²) >= 11 is 0. The first-order chi connectivity index (χ1) is 24.5. The first-order valence-corrected chi connectivity index (χ1v) is 16.8. The molecule has 9 aromatic rings. The van der Waals surface area contributed by atoms with Gasteiger partial charge in [-0.2, -0.15) is 0 Å². The quantitative estimate of drug-likeness (QED) is 0.101. The van der Waals surface area contributed by atoms with Crippen molar-refractivity contribution in [2.45, 2.75) is 6.92 Å². The lowest BCUT2D eigenvalue weighted by Crippen LogP contribution is -2.17. The molecule has 0 radical (unpaired) electrons. The Morgan fingerprint density at radius 3 is 1.80 bits per heavy atom. The minimum atomic E-state index is 0.256. The smallest absolute Gasteiger partial charge is 0.0862 e. The van der Waals surface area contributed by atoms with Crippen molar-refractivity contribution >= 4 is 70.9 Å². The van der Waals surface area contributed by atoms with Crippen LogP contribution in [0.2, 0.25) is 0 Å². The second kappa shape index (κ2) is 12.5. The standard InChI is InChI=1S/C33H22N2.C12H15N3/c1-34-29-13-7-6-12-28(29)32-25-16-18-26-23(22(25)19-20-31(32)34)15-17-27-24-11-5-8-14-30(24)35(33(26)27)21-9-3-2-4-10-21;1-2-6-10(13)12(15)11(14)9-7-4-3-5-8-9/h2-20H,1H3;2-8,14H,13,15H2,1H3/b;6-2-,12-10+,14-11?. The summed E-state index contributed by atoms with van der Waals surface area (Å²) in [6.45, 7) is 1.85. The first-order valence-electron chi connectivity index (χ1n) is 16.8. The predicted octanol–water partition coefficient (Wildman–Crippen LogP) is 10.5. The molecule has 0 saturated carbocycles. The molecule has 0 amide bonds. The van der Waals surface area contributed by atoms with Crippen LogP contribution in [0, 0.1) is 5.41 Å². The highest BCUT2D eigenvalue weighted by Crippen LogP contribution is 2.41. The lowest BCUT2D eigenvalue weighted by atomic mass is 9.96. The van der Waals surface area contributed by atoms with Crippen LogP contribution in [0.1, 0.15) is 12.5 Å². The molecule has 5 N–H and O–H groups in total. The van der Waals surface area contributed by atoms with Crippen molar-refractivity contribution < 1.29 is 0 Å². The van der Waals surface area contributed by atoms with Gasteiger partial charge in [0, 0.05) is 56.3 Å². The van der Waals surface area contributed by atoms with E-state index < -0.39 is 0 Å². The van der Waals surface area contributed by atoms with Gasteiger partial charge in [0.05, 0.1) is 28.1 Å². The zero-order chi connectivity index (χ0) is 34.4. The number of fused-ring (bicyclic) bond motifs is 11. The molecule has 0 bridgehead atoms. The molecule has 5 heteroatoms. The van der Waals surface area contributed by atoms with Gasteiger partial charge in [-0.05, 0) is 59.5 Å². The Labute approximate surface area is 290 Å². The molecular formula is C45H37N5. The highest BCUT2D eigenvalue weighted by atomic mass is 15.0. The van der Waals surface area contributed by atoms with Crippen LogP contribution in [-0.2, 0) is 7.05 Å². The Hall–Kier alpha value is -6.59. The van der Waals surface area contributed by atoms with E-state index in [4.69, 9.17) is 16.9 Å². The summed E-state index contributed by atoms with van der Waals surface area (Å²) < 4.78 is 4.74. The van der Waals surface area contributed by atoms with Crippen LogP contribution in [-0.4, -0.2) is 14.8 Å². The SMILES string of the molecule is C/C=C\C(N)=C(/N)C(=N)c1ccccc1.Cn1c2ccccc2c2c3ccc4c(ccc5c6ccccc6n(-c6ccccc6)c45)c3ccc21. The third-order valence-corrected chi connectivity index (χ3v) is 9.71. The van der Waals surface area contributed by atoms with Crippen LogP contribution in [0.5, 0.6) is 0 Å². The molecule has 0 fully saturated rings. The molecule has 2 heterocycles. The minimum absolute atomic E-state index is 0.256. The van der Waals surface area contributed by atoms with Crippen LogP contribution in [0.15, 0.2) is 169 Å². The van der Waals surface area contributed by atoms with Crippen molar-refractivity contribution in [1.82, 2.24) is 9.13 Å². The molecule has 7 aromatic carbocycles. The number of benzene rings is 7. The zero-order valence-corrected chi connectivity index (χ0v) is 28.1. The molecule has 0 spiro atoms. The van der Waals surface area contributed by atoms with Crippen molar-refractivity contribution in [2.75, 3.05) is 0 Å². The van der Waals surface area contributed by atoms with Crippen molar-refractivity contribution in [3.63, 3.8) is 0 Å². The fourth-order valence-electron chi connectivity index (χ4n) is 7.36. The predicted molar refractivity (Wildman–Crippen MR) is 213 cm³/mol. The van der Waals surface area contributed by atoms with Gasteiger partial charge in [0.15, 0.2) is 0 Å². The van der Waals surface area contributed by atoms with Gasteiger partial charge in [-0.25, -0.2) is 0 Å². The monoisotopic (exact) mass is 647 g/mol. The number of aromatic nitrogens is 2. The number of rotatable bonds is 4. The lowest BCUT2D eigenvalue weighted by Gasteiger charge is -2.12. The summed E-state index contributed by atoms with van der Waals surface area (Å²) in [5, 5.41) is 18.3. The van der Waals surface area contributed by atoms with Gasteiger partial charge in [-0.15, -0.1) is 0 Å². The Morgan fingerprint density at radius 1 is 0.540 bits per heavy atom. The highest BCUT2D eigenvalue weighted by Gasteiger charge is 2.17. The lowest BCUT2D eigenvalue weighted by molar-refractivity contribution is 1.01. The Morgan fingerprint density at radius 2 is 1.08 bits per heavy atom. The van der Waals surface area contributed by atoms with Crippen LogP contribution in [0.4, 0.5) is 0 Å². The van der Waals surface area contributed by atoms with Gasteiger partial charge in [0.25, 0.3) is 0 Å². The van der Waals surface area contributed by atoms with Gasteiger partial charge in [-0.1, -0.05) is 121 Å². The third-order valence-electron chi connectivity index (χ3n) is 9.71. The third kappa shape index (κ3) is 4.91. The van der Waals surface area contributed by atoms with Gasteiger partial charge < -0.3 is 20.6 Å². The van der Waals surface area contributed by atoms with Crippen molar-refractivity contribution in [2.24, 2.45) is 18.5 Å². The topological polar surface area (TPSA) is 85.8 Å². The molecule has 242 valence electrons. The fourth-order valence-corrected chi connectivity index (χ4v) is 7.36. The molecule has 0 unspecified atom stereocenters. The normalized spacial score (nSPS) is 12.3. The number of nitrogens with one attached hydrogen (secondary N) is 1. The van der Waals surface area contributed by atoms with Crippen molar-refractivity contribution in [3.8, 4) is 5.69 Å². The second-order valence-electron chi connectivity index (χ2n) is 12.6. The van der Waals surface area contributed by atoms with Gasteiger partial charge in [-0.3, -0.25) is 5.41 Å². The number of aryl methyl sites for hydroxylation is 1. The molecule has 5 nitrogen and oxygen atoms in total. The van der Waals surface area contributed by atoms with E-state index in [1.807, 2.05) is 37.3 Å². The molecule has 50 heavy (non-hydrogen) atoms. The van der Waals surface area contributed by atoms with E-state index in [0.29, 0.717) is 11.4 Å². The van der Waals surface area contributed by atoms with E-state index in [2.05, 4.69) is 131 Å². The molecule has 0 aliphatic rings. The van der Waals surface area contributed by atoms with E-state index in [0.717, 1.165) is 5.56 Å². The summed E-state index contributed by atoms with van der Waals surface area (Å²) in [5.41, 5.74) is 19.5. The molecule has 9 rings (SSSR count). The van der Waals surface area contributed by atoms with Crippen LogP contribution in [0.3, 0.4) is 0 Å². The van der Waals surface area contributed by atoms with E-state index in [1.54, 1.807) is 12.2 Å². The summed E-state index contributed by atoms with van der Waals surface area (Å²) in [6.07, 6.45) is 3.48. The van der Waals surface area contributed by atoms with Gasteiger partial charge in [0.2, 0.25) is 0 Å². The Bertz CT molecular complexity index is 2800. The number of nitrogens with zero attached hydrogens (tertiary/aromatic N) is 2. The summed E-state index contributed by atoms with van der Waals surface area (Å²) in [4.78, 5) is 0. The maximum Gasteiger partial charge on any atom is 0.0862 e. The highest BCUT2D eigenvalue weighted by molar-refractivity contribution is 6.28. The number of hydrogen-bond acceptors (Lipinski definition) is 3. The van der Waals surface area contributed by atoms with E-state index >= 15 is 0 Å². The molecular weight excluding hydrogens is 611 g/mol.